The minimum atomic E-state index is -4.68. The van der Waals surface area contributed by atoms with Crippen LogP contribution in [0.4, 0.5) is 13.2 Å². The SMILES string of the molecule is CC(=O)OCCCC(=O)c1oncc1C(F)(F)F. The van der Waals surface area contributed by atoms with E-state index in [1.165, 1.54) is 6.92 Å². The maximum atomic E-state index is 12.4. The molecule has 0 fully saturated rings. The first kappa shape index (κ1) is 14.2. The molecule has 0 unspecified atom stereocenters. The second kappa shape index (κ2) is 5.65. The first-order chi connectivity index (χ1) is 8.32. The summed E-state index contributed by atoms with van der Waals surface area (Å²) in [7, 11) is 0. The van der Waals surface area contributed by atoms with Gasteiger partial charge in [0.15, 0.2) is 0 Å². The minimum absolute atomic E-state index is 0.0312. The molecule has 0 amide bonds. The number of hydrogen-bond acceptors (Lipinski definition) is 5. The number of esters is 1. The number of rotatable bonds is 5. The summed E-state index contributed by atoms with van der Waals surface area (Å²) in [5, 5.41) is 2.96. The molecule has 100 valence electrons. The summed E-state index contributed by atoms with van der Waals surface area (Å²) in [6, 6.07) is 0. The third-order valence-electron chi connectivity index (χ3n) is 1.98. The number of carbonyl (C=O) groups excluding carboxylic acids is 2. The van der Waals surface area contributed by atoms with Crippen molar-refractivity contribution in [2.45, 2.75) is 25.9 Å². The Morgan fingerprint density at radius 3 is 2.67 bits per heavy atom. The van der Waals surface area contributed by atoms with Gasteiger partial charge in [-0.15, -0.1) is 0 Å². The Kier molecular flexibility index (Phi) is 4.46. The predicted octanol–water partition coefficient (Wildman–Crippen LogP) is 2.22. The van der Waals surface area contributed by atoms with Crippen LogP contribution in [-0.4, -0.2) is 23.5 Å². The highest BCUT2D eigenvalue weighted by Gasteiger charge is 2.38. The van der Waals surface area contributed by atoms with E-state index in [-0.39, 0.29) is 19.4 Å². The van der Waals surface area contributed by atoms with Crippen LogP contribution in [0.3, 0.4) is 0 Å². The molecule has 0 spiro atoms. The van der Waals surface area contributed by atoms with E-state index in [9.17, 15) is 22.8 Å². The first-order valence-corrected chi connectivity index (χ1v) is 5.01. The Labute approximate surface area is 99.9 Å². The third-order valence-corrected chi connectivity index (χ3v) is 1.98. The molecule has 0 saturated carbocycles. The van der Waals surface area contributed by atoms with E-state index in [1.54, 1.807) is 0 Å². The molecule has 0 bridgehead atoms. The number of aromatic nitrogens is 1. The van der Waals surface area contributed by atoms with Crippen LogP contribution in [0, 0.1) is 0 Å². The van der Waals surface area contributed by atoms with Gasteiger partial charge in [-0.2, -0.15) is 13.2 Å². The van der Waals surface area contributed by atoms with Gasteiger partial charge < -0.3 is 9.26 Å². The van der Waals surface area contributed by atoms with E-state index in [2.05, 4.69) is 14.4 Å². The molecular weight excluding hydrogens is 255 g/mol. The molecule has 18 heavy (non-hydrogen) atoms. The zero-order valence-corrected chi connectivity index (χ0v) is 9.41. The van der Waals surface area contributed by atoms with Crippen LogP contribution in [-0.2, 0) is 15.7 Å². The molecule has 0 atom stereocenters. The Morgan fingerprint density at radius 2 is 2.11 bits per heavy atom. The molecule has 0 radical (unpaired) electrons. The Hall–Kier alpha value is -1.86. The number of Topliss-reactive ketones (excluding diaryl/α,β-unsaturated/α-hetero) is 1. The molecule has 1 heterocycles. The molecule has 0 aliphatic carbocycles. The van der Waals surface area contributed by atoms with Gasteiger partial charge in [-0.3, -0.25) is 9.59 Å². The van der Waals surface area contributed by atoms with Crippen molar-refractivity contribution in [3.63, 3.8) is 0 Å². The standard InChI is InChI=1S/C10H10F3NO4/c1-6(15)17-4-2-3-8(16)9-7(5-14-18-9)10(11,12)13/h5H,2-4H2,1H3. The normalized spacial score (nSPS) is 11.3. The summed E-state index contributed by atoms with van der Waals surface area (Å²) < 4.78 is 46.1. The zero-order valence-electron chi connectivity index (χ0n) is 9.41. The lowest BCUT2D eigenvalue weighted by Gasteiger charge is -2.04. The van der Waals surface area contributed by atoms with Crippen molar-refractivity contribution in [1.29, 1.82) is 0 Å². The maximum Gasteiger partial charge on any atom is 0.421 e. The number of carbonyl (C=O) groups is 2. The second-order valence-corrected chi connectivity index (χ2v) is 3.43. The van der Waals surface area contributed by atoms with Gasteiger partial charge in [0.25, 0.3) is 0 Å². The van der Waals surface area contributed by atoms with Crippen LogP contribution in [0.5, 0.6) is 0 Å². The lowest BCUT2D eigenvalue weighted by molar-refractivity contribution is -0.141. The maximum absolute atomic E-state index is 12.4. The molecule has 1 rings (SSSR count). The van der Waals surface area contributed by atoms with Crippen LogP contribution < -0.4 is 0 Å². The van der Waals surface area contributed by atoms with Crippen LogP contribution in [0.25, 0.3) is 0 Å². The van der Waals surface area contributed by atoms with Crippen molar-refractivity contribution in [2.24, 2.45) is 0 Å². The lowest BCUT2D eigenvalue weighted by atomic mass is 10.1. The van der Waals surface area contributed by atoms with E-state index in [4.69, 9.17) is 0 Å². The highest BCUT2D eigenvalue weighted by atomic mass is 19.4. The predicted molar refractivity (Wildman–Crippen MR) is 51.7 cm³/mol. The number of ketones is 1. The molecule has 0 N–H and O–H groups in total. The molecule has 0 aliphatic heterocycles. The summed E-state index contributed by atoms with van der Waals surface area (Å²) in [6.45, 7) is 1.16. The van der Waals surface area contributed by atoms with Crippen molar-refractivity contribution in [3.8, 4) is 0 Å². The number of nitrogens with zero attached hydrogens (tertiary/aromatic N) is 1. The number of halogens is 3. The van der Waals surface area contributed by atoms with Crippen molar-refractivity contribution < 1.29 is 32.0 Å². The number of hydrogen-bond donors (Lipinski definition) is 0. The van der Waals surface area contributed by atoms with E-state index in [0.717, 1.165) is 0 Å². The average molecular weight is 265 g/mol. The largest absolute Gasteiger partial charge is 0.466 e. The number of alkyl halides is 3. The van der Waals surface area contributed by atoms with Gasteiger partial charge in [0.1, 0.15) is 5.56 Å². The summed E-state index contributed by atoms with van der Waals surface area (Å²) in [6.07, 6.45) is -4.32. The lowest BCUT2D eigenvalue weighted by Crippen LogP contribution is -2.11. The summed E-state index contributed by atoms with van der Waals surface area (Å²) in [5.41, 5.74) is -1.19. The van der Waals surface area contributed by atoms with Gasteiger partial charge in [0.2, 0.25) is 11.5 Å². The zero-order chi connectivity index (χ0) is 13.8. The van der Waals surface area contributed by atoms with E-state index >= 15 is 0 Å². The fraction of sp³-hybridized carbons (Fsp3) is 0.500. The quantitative estimate of drug-likeness (QED) is 0.464. The van der Waals surface area contributed by atoms with E-state index < -0.39 is 29.3 Å². The van der Waals surface area contributed by atoms with Crippen molar-refractivity contribution >= 4 is 11.8 Å². The second-order valence-electron chi connectivity index (χ2n) is 3.43. The van der Waals surface area contributed by atoms with Crippen LogP contribution >= 0.6 is 0 Å². The Bertz CT molecular complexity index is 439. The molecule has 8 heteroatoms. The smallest absolute Gasteiger partial charge is 0.421 e. The van der Waals surface area contributed by atoms with Gasteiger partial charge in [-0.05, 0) is 6.42 Å². The molecule has 1 aromatic rings. The molecule has 0 aliphatic rings. The number of ether oxygens (including phenoxy) is 1. The summed E-state index contributed by atoms with van der Waals surface area (Å²) in [5.74, 6) is -2.16. The minimum Gasteiger partial charge on any atom is -0.466 e. The molecule has 0 saturated heterocycles. The highest BCUT2D eigenvalue weighted by molar-refractivity contribution is 5.94. The highest BCUT2D eigenvalue weighted by Crippen LogP contribution is 2.32. The van der Waals surface area contributed by atoms with Crippen LogP contribution in [0.15, 0.2) is 10.7 Å². The monoisotopic (exact) mass is 265 g/mol. The third kappa shape index (κ3) is 3.86. The fourth-order valence-electron chi connectivity index (χ4n) is 1.20. The Morgan fingerprint density at radius 1 is 1.44 bits per heavy atom. The first-order valence-electron chi connectivity index (χ1n) is 5.01. The van der Waals surface area contributed by atoms with Crippen molar-refractivity contribution in [1.82, 2.24) is 5.16 Å². The van der Waals surface area contributed by atoms with Crippen molar-refractivity contribution in [3.05, 3.63) is 17.5 Å². The summed E-state index contributed by atoms with van der Waals surface area (Å²) in [4.78, 5) is 21.9. The van der Waals surface area contributed by atoms with Gasteiger partial charge in [0.05, 0.1) is 12.8 Å². The van der Waals surface area contributed by atoms with Gasteiger partial charge in [-0.1, -0.05) is 5.16 Å². The molecular formula is C10H10F3NO4. The average Bonchev–Trinajstić information content (AvgIpc) is 2.72. The van der Waals surface area contributed by atoms with E-state index in [0.29, 0.717) is 6.20 Å². The topological polar surface area (TPSA) is 69.4 Å². The van der Waals surface area contributed by atoms with Crippen LogP contribution in [0.2, 0.25) is 0 Å². The summed E-state index contributed by atoms with van der Waals surface area (Å²) >= 11 is 0. The fourth-order valence-corrected chi connectivity index (χ4v) is 1.20. The van der Waals surface area contributed by atoms with E-state index in [1.807, 2.05) is 0 Å². The Balaban J connectivity index is 2.57. The van der Waals surface area contributed by atoms with Gasteiger partial charge in [-0.25, -0.2) is 0 Å². The van der Waals surface area contributed by atoms with Crippen molar-refractivity contribution in [2.75, 3.05) is 6.61 Å². The molecule has 5 nitrogen and oxygen atoms in total. The van der Waals surface area contributed by atoms with Crippen LogP contribution in [0.1, 0.15) is 35.9 Å². The van der Waals surface area contributed by atoms with Gasteiger partial charge >= 0.3 is 12.1 Å². The molecule has 1 aromatic heterocycles. The molecule has 0 aromatic carbocycles. The van der Waals surface area contributed by atoms with Gasteiger partial charge in [0, 0.05) is 13.3 Å².